The summed E-state index contributed by atoms with van der Waals surface area (Å²) in [4.78, 5) is 14.3. The largest absolute Gasteiger partial charge is 0.497 e. The lowest BCUT2D eigenvalue weighted by atomic mass is 10.2. The minimum Gasteiger partial charge on any atom is -0.497 e. The third kappa shape index (κ3) is 2.58. The van der Waals surface area contributed by atoms with E-state index in [1.54, 1.807) is 7.11 Å². The van der Waals surface area contributed by atoms with Crippen molar-refractivity contribution >= 4 is 6.03 Å². The fraction of sp³-hybridized carbons (Fsp3) is 0.533. The molecule has 2 fully saturated rings. The number of ether oxygens (including phenoxy) is 2. The third-order valence-corrected chi connectivity index (χ3v) is 4.08. The van der Waals surface area contributed by atoms with Gasteiger partial charge in [0, 0.05) is 6.54 Å². The SMILES string of the molecule is COc1ccc(CNC(=O)N2C3CCC2COC3)cc1. The highest BCUT2D eigenvalue weighted by Crippen LogP contribution is 2.28. The topological polar surface area (TPSA) is 50.8 Å². The van der Waals surface area contributed by atoms with Gasteiger partial charge in [-0.25, -0.2) is 4.79 Å². The Kier molecular flexibility index (Phi) is 3.78. The first kappa shape index (κ1) is 13.2. The van der Waals surface area contributed by atoms with E-state index in [1.807, 2.05) is 29.2 Å². The molecule has 0 spiro atoms. The van der Waals surface area contributed by atoms with E-state index in [1.165, 1.54) is 0 Å². The van der Waals surface area contributed by atoms with Crippen molar-refractivity contribution in [2.75, 3.05) is 20.3 Å². The number of carbonyl (C=O) groups excluding carboxylic acids is 1. The Balaban J connectivity index is 1.56. The Morgan fingerprint density at radius 3 is 2.55 bits per heavy atom. The van der Waals surface area contributed by atoms with Crippen LogP contribution in [0.2, 0.25) is 0 Å². The second kappa shape index (κ2) is 5.71. The number of methoxy groups -OCH3 is 1. The molecule has 2 heterocycles. The molecule has 0 aromatic heterocycles. The standard InChI is InChI=1S/C15H20N2O3/c1-19-14-6-2-11(3-7-14)8-16-15(18)17-12-4-5-13(17)10-20-9-12/h2-3,6-7,12-13H,4-5,8-10H2,1H3,(H,16,18). The van der Waals surface area contributed by atoms with E-state index in [9.17, 15) is 4.79 Å². The summed E-state index contributed by atoms with van der Waals surface area (Å²) >= 11 is 0. The molecular weight excluding hydrogens is 256 g/mol. The van der Waals surface area contributed by atoms with Gasteiger partial charge >= 0.3 is 6.03 Å². The van der Waals surface area contributed by atoms with Crippen molar-refractivity contribution < 1.29 is 14.3 Å². The van der Waals surface area contributed by atoms with Crippen LogP contribution in [-0.4, -0.2) is 43.3 Å². The molecule has 1 aromatic rings. The van der Waals surface area contributed by atoms with Crippen LogP contribution in [0.25, 0.3) is 0 Å². The second-order valence-electron chi connectivity index (χ2n) is 5.34. The fourth-order valence-corrected chi connectivity index (χ4v) is 2.97. The number of nitrogens with zero attached hydrogens (tertiary/aromatic N) is 1. The monoisotopic (exact) mass is 276 g/mol. The van der Waals surface area contributed by atoms with Gasteiger partial charge in [-0.15, -0.1) is 0 Å². The minimum absolute atomic E-state index is 0.0246. The van der Waals surface area contributed by atoms with Gasteiger partial charge in [0.25, 0.3) is 0 Å². The van der Waals surface area contributed by atoms with Crippen LogP contribution in [-0.2, 0) is 11.3 Å². The van der Waals surface area contributed by atoms with E-state index in [-0.39, 0.29) is 18.1 Å². The Bertz CT molecular complexity index is 459. The van der Waals surface area contributed by atoms with Crippen LogP contribution < -0.4 is 10.1 Å². The van der Waals surface area contributed by atoms with Crippen molar-refractivity contribution in [1.82, 2.24) is 10.2 Å². The molecule has 2 bridgehead atoms. The number of benzene rings is 1. The first-order valence-electron chi connectivity index (χ1n) is 7.05. The molecule has 2 amide bonds. The molecule has 1 aromatic carbocycles. The molecule has 5 nitrogen and oxygen atoms in total. The minimum atomic E-state index is 0.0246. The maximum Gasteiger partial charge on any atom is 0.318 e. The molecule has 3 rings (SSSR count). The zero-order chi connectivity index (χ0) is 13.9. The van der Waals surface area contributed by atoms with Crippen LogP contribution in [0.5, 0.6) is 5.75 Å². The molecule has 0 saturated carbocycles. The Hall–Kier alpha value is -1.75. The number of urea groups is 1. The van der Waals surface area contributed by atoms with Gasteiger partial charge in [-0.2, -0.15) is 0 Å². The summed E-state index contributed by atoms with van der Waals surface area (Å²) in [5.74, 6) is 0.825. The van der Waals surface area contributed by atoms with Crippen molar-refractivity contribution in [3.05, 3.63) is 29.8 Å². The van der Waals surface area contributed by atoms with E-state index in [0.717, 1.165) is 24.2 Å². The number of hydrogen-bond donors (Lipinski definition) is 1. The summed E-state index contributed by atoms with van der Waals surface area (Å²) in [6.45, 7) is 1.89. The summed E-state index contributed by atoms with van der Waals surface area (Å²) in [5, 5.41) is 3.00. The second-order valence-corrected chi connectivity index (χ2v) is 5.34. The highest BCUT2D eigenvalue weighted by molar-refractivity contribution is 5.75. The number of fused-ring (bicyclic) bond motifs is 2. The first-order chi connectivity index (χ1) is 9.78. The number of nitrogens with one attached hydrogen (secondary N) is 1. The molecule has 5 heteroatoms. The van der Waals surface area contributed by atoms with E-state index in [2.05, 4.69) is 5.32 Å². The van der Waals surface area contributed by atoms with E-state index >= 15 is 0 Å². The number of rotatable bonds is 3. The Morgan fingerprint density at radius 1 is 1.30 bits per heavy atom. The third-order valence-electron chi connectivity index (χ3n) is 4.08. The van der Waals surface area contributed by atoms with Crippen molar-refractivity contribution in [3.63, 3.8) is 0 Å². The Labute approximate surface area is 118 Å². The first-order valence-corrected chi connectivity index (χ1v) is 7.05. The van der Waals surface area contributed by atoms with Gasteiger partial charge in [0.15, 0.2) is 0 Å². The maximum absolute atomic E-state index is 12.3. The van der Waals surface area contributed by atoms with Gasteiger partial charge in [-0.05, 0) is 30.5 Å². The van der Waals surface area contributed by atoms with Gasteiger partial charge in [0.05, 0.1) is 32.4 Å². The van der Waals surface area contributed by atoms with Crippen molar-refractivity contribution in [2.45, 2.75) is 31.5 Å². The summed E-state index contributed by atoms with van der Waals surface area (Å²) < 4.78 is 10.6. The Morgan fingerprint density at radius 2 is 1.95 bits per heavy atom. The van der Waals surface area contributed by atoms with Gasteiger partial charge < -0.3 is 19.7 Å². The average molecular weight is 276 g/mol. The number of morpholine rings is 1. The highest BCUT2D eigenvalue weighted by Gasteiger charge is 2.40. The smallest absolute Gasteiger partial charge is 0.318 e. The van der Waals surface area contributed by atoms with E-state index in [4.69, 9.17) is 9.47 Å². The number of hydrogen-bond acceptors (Lipinski definition) is 3. The lowest BCUT2D eigenvalue weighted by Gasteiger charge is -2.34. The van der Waals surface area contributed by atoms with Gasteiger partial charge in [-0.3, -0.25) is 0 Å². The quantitative estimate of drug-likeness (QED) is 0.915. The predicted octanol–water partition coefficient (Wildman–Crippen LogP) is 1.77. The predicted molar refractivity (Wildman–Crippen MR) is 74.7 cm³/mol. The zero-order valence-corrected chi connectivity index (χ0v) is 11.7. The summed E-state index contributed by atoms with van der Waals surface area (Å²) in [7, 11) is 1.64. The molecule has 2 saturated heterocycles. The molecule has 2 aliphatic rings. The number of carbonyl (C=O) groups is 1. The van der Waals surface area contributed by atoms with Crippen LogP contribution in [0.1, 0.15) is 18.4 Å². The summed E-state index contributed by atoms with van der Waals surface area (Å²) in [5.41, 5.74) is 1.07. The molecule has 2 unspecified atom stereocenters. The van der Waals surface area contributed by atoms with Crippen molar-refractivity contribution in [3.8, 4) is 5.75 Å². The van der Waals surface area contributed by atoms with Crippen LogP contribution in [0.3, 0.4) is 0 Å². The molecule has 20 heavy (non-hydrogen) atoms. The van der Waals surface area contributed by atoms with Crippen LogP contribution in [0.4, 0.5) is 4.79 Å². The molecular formula is C15H20N2O3. The fourth-order valence-electron chi connectivity index (χ4n) is 2.97. The van der Waals surface area contributed by atoms with Crippen molar-refractivity contribution in [2.24, 2.45) is 0 Å². The molecule has 0 radical (unpaired) electrons. The molecule has 2 aliphatic heterocycles. The molecule has 2 atom stereocenters. The summed E-state index contributed by atoms with van der Waals surface area (Å²) in [6.07, 6.45) is 2.11. The van der Waals surface area contributed by atoms with Crippen LogP contribution in [0, 0.1) is 0 Å². The molecule has 108 valence electrons. The molecule has 1 N–H and O–H groups in total. The van der Waals surface area contributed by atoms with Gasteiger partial charge in [0.1, 0.15) is 5.75 Å². The zero-order valence-electron chi connectivity index (χ0n) is 11.7. The van der Waals surface area contributed by atoms with Gasteiger partial charge in [0.2, 0.25) is 0 Å². The van der Waals surface area contributed by atoms with E-state index in [0.29, 0.717) is 19.8 Å². The van der Waals surface area contributed by atoms with E-state index < -0.39 is 0 Å². The normalized spacial score (nSPS) is 24.6. The lowest BCUT2D eigenvalue weighted by molar-refractivity contribution is 0.00631. The average Bonchev–Trinajstić information content (AvgIpc) is 2.75. The maximum atomic E-state index is 12.3. The number of amides is 2. The van der Waals surface area contributed by atoms with Gasteiger partial charge in [-0.1, -0.05) is 12.1 Å². The van der Waals surface area contributed by atoms with Crippen LogP contribution >= 0.6 is 0 Å². The summed E-state index contributed by atoms with van der Waals surface area (Å²) in [6, 6.07) is 8.27. The molecule has 0 aliphatic carbocycles. The van der Waals surface area contributed by atoms with Crippen LogP contribution in [0.15, 0.2) is 24.3 Å². The van der Waals surface area contributed by atoms with Crippen molar-refractivity contribution in [1.29, 1.82) is 0 Å². The lowest BCUT2D eigenvalue weighted by Crippen LogP contribution is -2.52. The highest BCUT2D eigenvalue weighted by atomic mass is 16.5.